The van der Waals surface area contributed by atoms with E-state index in [4.69, 9.17) is 9.47 Å². The van der Waals surface area contributed by atoms with E-state index in [1.165, 1.54) is 0 Å². The van der Waals surface area contributed by atoms with E-state index in [0.717, 1.165) is 42.3 Å². The third-order valence-electron chi connectivity index (χ3n) is 2.98. The van der Waals surface area contributed by atoms with Gasteiger partial charge in [-0.2, -0.15) is 0 Å². The maximum absolute atomic E-state index is 5.96. The monoisotopic (exact) mass is 271 g/mol. The van der Waals surface area contributed by atoms with E-state index in [9.17, 15) is 0 Å². The minimum atomic E-state index is 0.785. The van der Waals surface area contributed by atoms with E-state index in [-0.39, 0.29) is 0 Å². The van der Waals surface area contributed by atoms with Gasteiger partial charge in [0.15, 0.2) is 0 Å². The molecule has 2 rings (SSSR count). The molecule has 0 atom stereocenters. The highest BCUT2D eigenvalue weighted by molar-refractivity contribution is 5.40. The Kier molecular flexibility index (Phi) is 5.44. The van der Waals surface area contributed by atoms with E-state index in [1.807, 2.05) is 42.5 Å². The smallest absolute Gasteiger partial charge is 0.131 e. The highest BCUT2D eigenvalue weighted by Crippen LogP contribution is 2.27. The molecule has 20 heavy (non-hydrogen) atoms. The Bertz CT molecular complexity index is 540. The lowest BCUT2D eigenvalue weighted by molar-refractivity contribution is 0.408. The lowest BCUT2D eigenvalue weighted by Crippen LogP contribution is -2.14. The van der Waals surface area contributed by atoms with Crippen LogP contribution < -0.4 is 14.8 Å². The van der Waals surface area contributed by atoms with E-state index >= 15 is 0 Å². The standard InChI is InChI=1S/C17H21NO2/c1-3-11-18-13-14-7-4-5-10-17(14)20-16-9-6-8-15(12-16)19-2/h4-10,12,18H,3,11,13H2,1-2H3. The van der Waals surface area contributed by atoms with Crippen LogP contribution >= 0.6 is 0 Å². The second kappa shape index (κ2) is 7.56. The van der Waals surface area contributed by atoms with Crippen molar-refractivity contribution < 1.29 is 9.47 Å². The fourth-order valence-corrected chi connectivity index (χ4v) is 1.94. The molecule has 3 heteroatoms. The molecule has 0 aliphatic heterocycles. The van der Waals surface area contributed by atoms with Gasteiger partial charge in [0.2, 0.25) is 0 Å². The zero-order valence-electron chi connectivity index (χ0n) is 12.1. The number of ether oxygens (including phenoxy) is 2. The molecule has 0 aliphatic rings. The summed E-state index contributed by atoms with van der Waals surface area (Å²) in [6.45, 7) is 3.98. The maximum atomic E-state index is 5.96. The first-order chi connectivity index (χ1) is 9.83. The van der Waals surface area contributed by atoms with Gasteiger partial charge in [0.05, 0.1) is 7.11 Å². The molecular weight excluding hydrogens is 250 g/mol. The molecule has 0 fully saturated rings. The van der Waals surface area contributed by atoms with Gasteiger partial charge in [-0.05, 0) is 31.2 Å². The number of rotatable bonds is 7. The minimum absolute atomic E-state index is 0.785. The second-order valence-corrected chi connectivity index (χ2v) is 4.57. The summed E-state index contributed by atoms with van der Waals surface area (Å²) in [5.74, 6) is 2.46. The Balaban J connectivity index is 2.11. The first kappa shape index (κ1) is 14.4. The van der Waals surface area contributed by atoms with E-state index < -0.39 is 0 Å². The first-order valence-electron chi connectivity index (χ1n) is 6.94. The number of nitrogens with one attached hydrogen (secondary N) is 1. The summed E-state index contributed by atoms with van der Waals surface area (Å²) >= 11 is 0. The van der Waals surface area contributed by atoms with Crippen molar-refractivity contribution >= 4 is 0 Å². The Hall–Kier alpha value is -2.00. The van der Waals surface area contributed by atoms with Gasteiger partial charge in [-0.25, -0.2) is 0 Å². The van der Waals surface area contributed by atoms with Crippen LogP contribution in [-0.4, -0.2) is 13.7 Å². The molecule has 1 N–H and O–H groups in total. The van der Waals surface area contributed by atoms with Gasteiger partial charge in [-0.1, -0.05) is 31.2 Å². The molecule has 0 spiro atoms. The second-order valence-electron chi connectivity index (χ2n) is 4.57. The molecule has 0 saturated carbocycles. The summed E-state index contributed by atoms with van der Waals surface area (Å²) in [5, 5.41) is 3.40. The molecule has 2 aromatic carbocycles. The molecule has 0 heterocycles. The van der Waals surface area contributed by atoms with Crippen LogP contribution in [0, 0.1) is 0 Å². The van der Waals surface area contributed by atoms with E-state index in [2.05, 4.69) is 18.3 Å². The molecule has 0 amide bonds. The average molecular weight is 271 g/mol. The summed E-state index contributed by atoms with van der Waals surface area (Å²) in [6.07, 6.45) is 1.12. The van der Waals surface area contributed by atoms with Gasteiger partial charge in [-0.15, -0.1) is 0 Å². The van der Waals surface area contributed by atoms with Crippen LogP contribution in [0.1, 0.15) is 18.9 Å². The number of para-hydroxylation sites is 1. The van der Waals surface area contributed by atoms with E-state index in [0.29, 0.717) is 0 Å². The summed E-state index contributed by atoms with van der Waals surface area (Å²) in [4.78, 5) is 0. The Morgan fingerprint density at radius 2 is 1.80 bits per heavy atom. The minimum Gasteiger partial charge on any atom is -0.497 e. The highest BCUT2D eigenvalue weighted by atomic mass is 16.5. The predicted molar refractivity (Wildman–Crippen MR) is 81.5 cm³/mol. The van der Waals surface area contributed by atoms with Crippen molar-refractivity contribution in [3.8, 4) is 17.2 Å². The number of methoxy groups -OCH3 is 1. The quantitative estimate of drug-likeness (QED) is 0.772. The number of benzene rings is 2. The Labute approximate surface area is 120 Å². The number of hydrogen-bond donors (Lipinski definition) is 1. The normalized spacial score (nSPS) is 10.3. The van der Waals surface area contributed by atoms with Gasteiger partial charge < -0.3 is 14.8 Å². The average Bonchev–Trinajstić information content (AvgIpc) is 2.49. The molecular formula is C17H21NO2. The molecule has 3 nitrogen and oxygen atoms in total. The highest BCUT2D eigenvalue weighted by Gasteiger charge is 2.04. The van der Waals surface area contributed by atoms with Crippen molar-refractivity contribution in [3.05, 3.63) is 54.1 Å². The fourth-order valence-electron chi connectivity index (χ4n) is 1.94. The van der Waals surface area contributed by atoms with Gasteiger partial charge in [0.25, 0.3) is 0 Å². The van der Waals surface area contributed by atoms with Crippen molar-refractivity contribution in [3.63, 3.8) is 0 Å². The van der Waals surface area contributed by atoms with Gasteiger partial charge in [0.1, 0.15) is 17.2 Å². The zero-order chi connectivity index (χ0) is 14.2. The molecule has 0 radical (unpaired) electrons. The SMILES string of the molecule is CCCNCc1ccccc1Oc1cccc(OC)c1. The largest absolute Gasteiger partial charge is 0.497 e. The topological polar surface area (TPSA) is 30.5 Å². The van der Waals surface area contributed by atoms with Gasteiger partial charge in [0, 0.05) is 18.2 Å². The van der Waals surface area contributed by atoms with Crippen LogP contribution in [0.5, 0.6) is 17.2 Å². The van der Waals surface area contributed by atoms with Crippen molar-refractivity contribution in [1.29, 1.82) is 0 Å². The lowest BCUT2D eigenvalue weighted by atomic mass is 10.2. The van der Waals surface area contributed by atoms with Gasteiger partial charge in [-0.3, -0.25) is 0 Å². The van der Waals surface area contributed by atoms with Crippen LogP contribution in [0.3, 0.4) is 0 Å². The molecule has 0 unspecified atom stereocenters. The predicted octanol–water partition coefficient (Wildman–Crippen LogP) is 3.99. The molecule has 0 saturated heterocycles. The van der Waals surface area contributed by atoms with Crippen LogP contribution in [0.4, 0.5) is 0 Å². The summed E-state index contributed by atoms with van der Waals surface area (Å²) in [7, 11) is 1.65. The first-order valence-corrected chi connectivity index (χ1v) is 6.94. The fraction of sp³-hybridized carbons (Fsp3) is 0.294. The Morgan fingerprint density at radius 3 is 2.60 bits per heavy atom. The zero-order valence-corrected chi connectivity index (χ0v) is 12.1. The van der Waals surface area contributed by atoms with Crippen molar-refractivity contribution in [2.24, 2.45) is 0 Å². The van der Waals surface area contributed by atoms with Crippen molar-refractivity contribution in [2.75, 3.05) is 13.7 Å². The molecule has 2 aromatic rings. The molecule has 0 aliphatic carbocycles. The summed E-state index contributed by atoms with van der Waals surface area (Å²) in [6, 6.07) is 15.7. The maximum Gasteiger partial charge on any atom is 0.131 e. The van der Waals surface area contributed by atoms with Crippen LogP contribution in [0.2, 0.25) is 0 Å². The van der Waals surface area contributed by atoms with Crippen LogP contribution in [-0.2, 0) is 6.54 Å². The molecule has 0 bridgehead atoms. The molecule has 106 valence electrons. The van der Waals surface area contributed by atoms with E-state index in [1.54, 1.807) is 7.11 Å². The number of hydrogen-bond acceptors (Lipinski definition) is 3. The van der Waals surface area contributed by atoms with Crippen LogP contribution in [0.25, 0.3) is 0 Å². The lowest BCUT2D eigenvalue weighted by Gasteiger charge is -2.12. The Morgan fingerprint density at radius 1 is 1.00 bits per heavy atom. The van der Waals surface area contributed by atoms with Crippen molar-refractivity contribution in [2.45, 2.75) is 19.9 Å². The van der Waals surface area contributed by atoms with Gasteiger partial charge >= 0.3 is 0 Å². The summed E-state index contributed by atoms with van der Waals surface area (Å²) in [5.41, 5.74) is 1.16. The van der Waals surface area contributed by atoms with Crippen LogP contribution in [0.15, 0.2) is 48.5 Å². The molecule has 0 aromatic heterocycles. The van der Waals surface area contributed by atoms with Crippen molar-refractivity contribution in [1.82, 2.24) is 5.32 Å². The summed E-state index contributed by atoms with van der Waals surface area (Å²) < 4.78 is 11.2. The third-order valence-corrected chi connectivity index (χ3v) is 2.98. The third kappa shape index (κ3) is 4.00.